The molecule has 4 rings (SSSR count). The van der Waals surface area contributed by atoms with Crippen LogP contribution in [0.15, 0.2) is 24.3 Å². The Morgan fingerprint density at radius 1 is 1.32 bits per heavy atom. The zero-order chi connectivity index (χ0) is 22.1. The lowest BCUT2D eigenvalue weighted by Crippen LogP contribution is -2.34. The van der Waals surface area contributed by atoms with E-state index in [4.69, 9.17) is 4.74 Å². The molecule has 1 unspecified atom stereocenters. The Hall–Kier alpha value is -3.00. The Balaban J connectivity index is 1.39. The summed E-state index contributed by atoms with van der Waals surface area (Å²) in [5.41, 5.74) is 4.39. The van der Waals surface area contributed by atoms with Gasteiger partial charge in [0.05, 0.1) is 17.1 Å². The summed E-state index contributed by atoms with van der Waals surface area (Å²) in [5, 5.41) is 10.0. The highest BCUT2D eigenvalue weighted by Crippen LogP contribution is 2.42. The molecule has 1 aliphatic rings. The smallest absolute Gasteiger partial charge is 0.220 e. The van der Waals surface area contributed by atoms with Crippen molar-refractivity contribution in [3.05, 3.63) is 57.5 Å². The van der Waals surface area contributed by atoms with E-state index in [9.17, 15) is 14.0 Å². The van der Waals surface area contributed by atoms with E-state index in [2.05, 4.69) is 15.5 Å². The number of ketones is 1. The molecule has 162 valence electrons. The van der Waals surface area contributed by atoms with Crippen LogP contribution in [0.3, 0.4) is 0 Å². The molecule has 1 aromatic carbocycles. The molecule has 0 saturated heterocycles. The number of thiophene rings is 1. The van der Waals surface area contributed by atoms with Crippen LogP contribution in [-0.4, -0.2) is 34.5 Å². The first-order chi connectivity index (χ1) is 14.8. The number of aryl methyl sites for hydroxylation is 2. The molecule has 0 aliphatic carbocycles. The lowest BCUT2D eigenvalue weighted by Gasteiger charge is -2.13. The Morgan fingerprint density at radius 2 is 2.13 bits per heavy atom. The van der Waals surface area contributed by atoms with Gasteiger partial charge < -0.3 is 10.1 Å². The van der Waals surface area contributed by atoms with E-state index < -0.39 is 0 Å². The molecule has 1 atom stereocenters. The number of rotatable bonds is 7. The van der Waals surface area contributed by atoms with Gasteiger partial charge in [0.25, 0.3) is 0 Å². The highest BCUT2D eigenvalue weighted by Gasteiger charge is 2.28. The Bertz CT molecular complexity index is 1130. The molecule has 3 aromatic rings. The average molecular weight is 442 g/mol. The number of carbonyl (C=O) groups excluding carboxylic acids is 2. The van der Waals surface area contributed by atoms with E-state index >= 15 is 0 Å². The third-order valence-corrected chi connectivity index (χ3v) is 6.71. The SMILES string of the molecule is CC(=O)c1ccc(-c2cc(F)cc3c2OC(CNC(=O)CCc2c(C)n[nH]c2C)C3)s1. The van der Waals surface area contributed by atoms with Crippen LogP contribution in [0.1, 0.15) is 45.5 Å². The number of amides is 1. The van der Waals surface area contributed by atoms with E-state index in [1.54, 1.807) is 6.07 Å². The van der Waals surface area contributed by atoms with Crippen LogP contribution in [0.4, 0.5) is 4.39 Å². The van der Waals surface area contributed by atoms with E-state index in [0.717, 1.165) is 27.4 Å². The van der Waals surface area contributed by atoms with Crippen molar-refractivity contribution >= 4 is 23.0 Å². The second-order valence-electron chi connectivity index (χ2n) is 7.82. The van der Waals surface area contributed by atoms with Crippen molar-refractivity contribution in [2.75, 3.05) is 6.54 Å². The van der Waals surface area contributed by atoms with E-state index in [-0.39, 0.29) is 23.6 Å². The number of nitrogens with one attached hydrogen (secondary N) is 2. The van der Waals surface area contributed by atoms with Gasteiger partial charge >= 0.3 is 0 Å². The quantitative estimate of drug-likeness (QED) is 0.540. The van der Waals surface area contributed by atoms with Crippen molar-refractivity contribution in [3.63, 3.8) is 0 Å². The van der Waals surface area contributed by atoms with Gasteiger partial charge in [0.15, 0.2) is 5.78 Å². The van der Waals surface area contributed by atoms with Crippen molar-refractivity contribution in [1.29, 1.82) is 0 Å². The van der Waals surface area contributed by atoms with Crippen LogP contribution >= 0.6 is 11.3 Å². The lowest BCUT2D eigenvalue weighted by atomic mass is 10.0. The van der Waals surface area contributed by atoms with Gasteiger partial charge in [-0.1, -0.05) is 0 Å². The fraction of sp³-hybridized carbons (Fsp3) is 0.348. The summed E-state index contributed by atoms with van der Waals surface area (Å²) in [7, 11) is 0. The Kier molecular flexibility index (Phi) is 5.91. The molecule has 0 spiro atoms. The molecule has 2 aromatic heterocycles. The number of Topliss-reactive ketones (excluding diaryl/α,β-unsaturated/α-hetero) is 1. The number of ether oxygens (including phenoxy) is 1. The molecule has 0 saturated carbocycles. The zero-order valence-electron chi connectivity index (χ0n) is 17.7. The van der Waals surface area contributed by atoms with Gasteiger partial charge in [-0.05, 0) is 57.0 Å². The molecule has 0 bridgehead atoms. The minimum absolute atomic E-state index is 0.0217. The van der Waals surface area contributed by atoms with Crippen LogP contribution in [0.25, 0.3) is 10.4 Å². The zero-order valence-corrected chi connectivity index (χ0v) is 18.5. The summed E-state index contributed by atoms with van der Waals surface area (Å²) in [5.74, 6) is 0.204. The van der Waals surface area contributed by atoms with Crippen LogP contribution in [0.2, 0.25) is 0 Å². The average Bonchev–Trinajstić information content (AvgIpc) is 3.43. The predicted molar refractivity (Wildman–Crippen MR) is 117 cm³/mol. The molecule has 1 amide bonds. The third-order valence-electron chi connectivity index (χ3n) is 5.49. The van der Waals surface area contributed by atoms with Gasteiger partial charge in [-0.15, -0.1) is 11.3 Å². The fourth-order valence-corrected chi connectivity index (χ4v) is 4.77. The molecule has 8 heteroatoms. The molecule has 6 nitrogen and oxygen atoms in total. The molecular formula is C23H24FN3O3S. The van der Waals surface area contributed by atoms with Gasteiger partial charge in [-0.3, -0.25) is 14.7 Å². The molecule has 31 heavy (non-hydrogen) atoms. The standard InChI is InChI=1S/C23H24FN3O3S/c1-12-18(13(2)27-26-12)4-7-22(29)25-11-17-9-15-8-16(24)10-19(23(15)30-17)21-6-5-20(31-21)14(3)28/h5-6,8,10,17H,4,7,9,11H2,1-3H3,(H,25,29)(H,26,27). The van der Waals surface area contributed by atoms with Crippen molar-refractivity contribution in [2.24, 2.45) is 0 Å². The van der Waals surface area contributed by atoms with E-state index in [0.29, 0.717) is 42.0 Å². The Morgan fingerprint density at radius 3 is 2.81 bits per heavy atom. The fourth-order valence-electron chi connectivity index (χ4n) is 3.86. The van der Waals surface area contributed by atoms with Crippen LogP contribution in [0.5, 0.6) is 5.75 Å². The number of H-pyrrole nitrogens is 1. The highest BCUT2D eigenvalue weighted by molar-refractivity contribution is 7.17. The van der Waals surface area contributed by atoms with Crippen molar-refractivity contribution in [2.45, 2.75) is 46.1 Å². The summed E-state index contributed by atoms with van der Waals surface area (Å²) in [6, 6.07) is 6.47. The van der Waals surface area contributed by atoms with Gasteiger partial charge in [0, 0.05) is 34.5 Å². The monoisotopic (exact) mass is 441 g/mol. The summed E-state index contributed by atoms with van der Waals surface area (Å²) in [4.78, 5) is 25.3. The Labute approximate surface area is 183 Å². The number of hydrogen-bond acceptors (Lipinski definition) is 5. The van der Waals surface area contributed by atoms with Gasteiger partial charge in [-0.2, -0.15) is 5.10 Å². The molecular weight excluding hydrogens is 417 g/mol. The van der Waals surface area contributed by atoms with Crippen molar-refractivity contribution in [3.8, 4) is 16.2 Å². The second-order valence-corrected chi connectivity index (χ2v) is 8.91. The number of carbonyl (C=O) groups is 2. The normalized spacial score (nSPS) is 14.9. The minimum atomic E-state index is -0.342. The van der Waals surface area contributed by atoms with Crippen LogP contribution in [0, 0.1) is 19.7 Å². The lowest BCUT2D eigenvalue weighted by molar-refractivity contribution is -0.121. The number of hydrogen-bond donors (Lipinski definition) is 2. The molecule has 2 N–H and O–H groups in total. The number of nitrogens with zero attached hydrogens (tertiary/aromatic N) is 1. The molecule has 0 fully saturated rings. The minimum Gasteiger partial charge on any atom is -0.487 e. The number of fused-ring (bicyclic) bond motifs is 1. The highest BCUT2D eigenvalue weighted by atomic mass is 32.1. The van der Waals surface area contributed by atoms with Crippen molar-refractivity contribution in [1.82, 2.24) is 15.5 Å². The summed E-state index contributed by atoms with van der Waals surface area (Å²) < 4.78 is 20.3. The summed E-state index contributed by atoms with van der Waals surface area (Å²) >= 11 is 1.32. The van der Waals surface area contributed by atoms with Crippen LogP contribution in [-0.2, 0) is 17.6 Å². The first-order valence-electron chi connectivity index (χ1n) is 10.2. The number of halogens is 1. The maximum Gasteiger partial charge on any atom is 0.220 e. The van der Waals surface area contributed by atoms with E-state index in [1.165, 1.54) is 30.4 Å². The van der Waals surface area contributed by atoms with Crippen molar-refractivity contribution < 1.29 is 18.7 Å². The molecule has 3 heterocycles. The largest absolute Gasteiger partial charge is 0.487 e. The first-order valence-corrected chi connectivity index (χ1v) is 11.0. The maximum absolute atomic E-state index is 14.2. The molecule has 0 radical (unpaired) electrons. The van der Waals surface area contributed by atoms with Gasteiger partial charge in [-0.25, -0.2) is 4.39 Å². The number of aromatic amines is 1. The van der Waals surface area contributed by atoms with Crippen LogP contribution < -0.4 is 10.1 Å². The molecule has 1 aliphatic heterocycles. The summed E-state index contributed by atoms with van der Waals surface area (Å²) in [6.45, 7) is 5.72. The predicted octanol–water partition coefficient (Wildman–Crippen LogP) is 4.15. The maximum atomic E-state index is 14.2. The van der Waals surface area contributed by atoms with Gasteiger partial charge in [0.1, 0.15) is 17.7 Å². The van der Waals surface area contributed by atoms with Gasteiger partial charge in [0.2, 0.25) is 5.91 Å². The summed E-state index contributed by atoms with van der Waals surface area (Å²) in [6.07, 6.45) is 1.25. The second kappa shape index (κ2) is 8.63. The number of benzene rings is 1. The third kappa shape index (κ3) is 4.54. The first kappa shape index (κ1) is 21.2. The van der Waals surface area contributed by atoms with E-state index in [1.807, 2.05) is 19.9 Å². The number of aromatic nitrogens is 2. The topological polar surface area (TPSA) is 84.1 Å².